The van der Waals surface area contributed by atoms with E-state index < -0.39 is 11.9 Å². The minimum Gasteiger partial charge on any atom is -0.478 e. The molecule has 0 amide bonds. The highest BCUT2D eigenvalue weighted by atomic mass is 79.9. The fourth-order valence-electron chi connectivity index (χ4n) is 1.71. The minimum absolute atomic E-state index is 0.0607. The summed E-state index contributed by atoms with van der Waals surface area (Å²) in [5.41, 5.74) is 7.36. The molecule has 0 radical (unpaired) electrons. The number of aromatic carboxylic acids is 1. The zero-order valence-corrected chi connectivity index (χ0v) is 12.5. The van der Waals surface area contributed by atoms with Gasteiger partial charge in [0, 0.05) is 10.2 Å². The van der Waals surface area contributed by atoms with Gasteiger partial charge in [0.05, 0.1) is 11.1 Å². The zero-order chi connectivity index (χ0) is 15.4. The molecule has 0 aliphatic heterocycles. The van der Waals surface area contributed by atoms with Crippen LogP contribution in [0.1, 0.15) is 26.3 Å². The second-order valence-electron chi connectivity index (χ2n) is 4.35. The van der Waals surface area contributed by atoms with Crippen LogP contribution in [0.15, 0.2) is 46.9 Å². The van der Waals surface area contributed by atoms with Crippen molar-refractivity contribution in [2.24, 2.45) is 0 Å². The molecule has 0 heterocycles. The van der Waals surface area contributed by atoms with Gasteiger partial charge in [-0.05, 0) is 35.9 Å². The lowest BCUT2D eigenvalue weighted by atomic mass is 10.1. The molecular formula is C15H12BrNO4. The molecule has 0 aliphatic carbocycles. The van der Waals surface area contributed by atoms with Crippen molar-refractivity contribution in [2.75, 3.05) is 5.73 Å². The van der Waals surface area contributed by atoms with Gasteiger partial charge in [0.25, 0.3) is 0 Å². The molecule has 0 spiro atoms. The van der Waals surface area contributed by atoms with Crippen LogP contribution in [0.2, 0.25) is 0 Å². The average Bonchev–Trinajstić information content (AvgIpc) is 2.44. The topological polar surface area (TPSA) is 89.6 Å². The highest BCUT2D eigenvalue weighted by Gasteiger charge is 2.09. The molecule has 0 aromatic heterocycles. The third-order valence-electron chi connectivity index (χ3n) is 2.73. The molecule has 3 N–H and O–H groups in total. The van der Waals surface area contributed by atoms with E-state index in [1.54, 1.807) is 24.3 Å². The second-order valence-corrected chi connectivity index (χ2v) is 5.27. The number of hydrogen-bond acceptors (Lipinski definition) is 4. The molecule has 0 fully saturated rings. The molecule has 0 saturated carbocycles. The van der Waals surface area contributed by atoms with Gasteiger partial charge < -0.3 is 15.6 Å². The number of carbonyl (C=O) groups is 2. The molecular weight excluding hydrogens is 338 g/mol. The van der Waals surface area contributed by atoms with Crippen molar-refractivity contribution in [3.63, 3.8) is 0 Å². The number of benzene rings is 2. The maximum absolute atomic E-state index is 11.9. The average molecular weight is 350 g/mol. The SMILES string of the molecule is Nc1cc(Br)cc(C(=O)OCc2ccc(C(=O)O)cc2)c1. The largest absolute Gasteiger partial charge is 0.478 e. The van der Waals surface area contributed by atoms with Crippen LogP contribution < -0.4 is 5.73 Å². The first-order valence-electron chi connectivity index (χ1n) is 6.01. The number of nitrogens with two attached hydrogens (primary N) is 1. The van der Waals surface area contributed by atoms with Crippen LogP contribution in [0.3, 0.4) is 0 Å². The zero-order valence-electron chi connectivity index (χ0n) is 10.9. The van der Waals surface area contributed by atoms with Gasteiger partial charge in [-0.2, -0.15) is 0 Å². The third-order valence-corrected chi connectivity index (χ3v) is 3.18. The maximum Gasteiger partial charge on any atom is 0.338 e. The Balaban J connectivity index is 2.02. The normalized spacial score (nSPS) is 10.1. The van der Waals surface area contributed by atoms with E-state index in [0.29, 0.717) is 21.3 Å². The molecule has 0 saturated heterocycles. The summed E-state index contributed by atoms with van der Waals surface area (Å²) in [5.74, 6) is -1.49. The number of hydrogen-bond donors (Lipinski definition) is 2. The predicted octanol–water partition coefficient (Wildman–Crippen LogP) is 3.09. The van der Waals surface area contributed by atoms with E-state index in [-0.39, 0.29) is 12.2 Å². The van der Waals surface area contributed by atoms with Gasteiger partial charge >= 0.3 is 11.9 Å². The Morgan fingerprint density at radius 1 is 1.10 bits per heavy atom. The Labute approximate surface area is 129 Å². The van der Waals surface area contributed by atoms with Crippen LogP contribution in [0.5, 0.6) is 0 Å². The second kappa shape index (κ2) is 6.41. The van der Waals surface area contributed by atoms with Crippen molar-refractivity contribution in [1.29, 1.82) is 0 Å². The number of esters is 1. The number of anilines is 1. The number of carboxylic acid groups (broad SMARTS) is 1. The summed E-state index contributed by atoms with van der Waals surface area (Å²) in [6.07, 6.45) is 0. The fourth-order valence-corrected chi connectivity index (χ4v) is 2.22. The molecule has 108 valence electrons. The number of halogens is 1. The van der Waals surface area contributed by atoms with Crippen LogP contribution in [-0.4, -0.2) is 17.0 Å². The van der Waals surface area contributed by atoms with Crippen LogP contribution in [0, 0.1) is 0 Å². The van der Waals surface area contributed by atoms with E-state index in [1.807, 2.05) is 0 Å². The number of rotatable bonds is 4. The first-order valence-corrected chi connectivity index (χ1v) is 6.80. The summed E-state index contributed by atoms with van der Waals surface area (Å²) in [6, 6.07) is 11.0. The monoisotopic (exact) mass is 349 g/mol. The van der Waals surface area contributed by atoms with Gasteiger partial charge in [-0.15, -0.1) is 0 Å². The maximum atomic E-state index is 11.9. The van der Waals surface area contributed by atoms with Crippen molar-refractivity contribution in [3.05, 3.63) is 63.6 Å². The number of carboxylic acids is 1. The van der Waals surface area contributed by atoms with Crippen molar-refractivity contribution in [2.45, 2.75) is 6.61 Å². The van der Waals surface area contributed by atoms with Crippen LogP contribution >= 0.6 is 15.9 Å². The molecule has 0 aliphatic rings. The van der Waals surface area contributed by atoms with E-state index in [0.717, 1.165) is 0 Å². The van der Waals surface area contributed by atoms with Gasteiger partial charge in [-0.1, -0.05) is 28.1 Å². The standard InChI is InChI=1S/C15H12BrNO4/c16-12-5-11(6-13(17)7-12)15(20)21-8-9-1-3-10(4-2-9)14(18)19/h1-7H,8,17H2,(H,18,19). The van der Waals surface area contributed by atoms with Gasteiger partial charge in [-0.25, -0.2) is 9.59 Å². The molecule has 2 aromatic carbocycles. The molecule has 2 aromatic rings. The van der Waals surface area contributed by atoms with Crippen LogP contribution in [0.4, 0.5) is 5.69 Å². The third kappa shape index (κ3) is 4.06. The molecule has 2 rings (SSSR count). The Hall–Kier alpha value is -2.34. The fraction of sp³-hybridized carbons (Fsp3) is 0.0667. The van der Waals surface area contributed by atoms with Crippen LogP contribution in [-0.2, 0) is 11.3 Å². The lowest BCUT2D eigenvalue weighted by Gasteiger charge is -2.06. The summed E-state index contributed by atoms with van der Waals surface area (Å²) < 4.78 is 5.86. The number of carbonyl (C=O) groups excluding carboxylic acids is 1. The highest BCUT2D eigenvalue weighted by molar-refractivity contribution is 9.10. The predicted molar refractivity (Wildman–Crippen MR) is 81.1 cm³/mol. The Kier molecular flexibility index (Phi) is 4.59. The number of nitrogen functional groups attached to an aromatic ring is 1. The number of ether oxygens (including phenoxy) is 1. The van der Waals surface area contributed by atoms with Crippen molar-refractivity contribution in [3.8, 4) is 0 Å². The Morgan fingerprint density at radius 2 is 1.76 bits per heavy atom. The van der Waals surface area contributed by atoms with Crippen molar-refractivity contribution in [1.82, 2.24) is 0 Å². The molecule has 21 heavy (non-hydrogen) atoms. The summed E-state index contributed by atoms with van der Waals surface area (Å²) in [4.78, 5) is 22.6. The lowest BCUT2D eigenvalue weighted by molar-refractivity contribution is 0.0472. The molecule has 0 bridgehead atoms. The first kappa shape index (κ1) is 15.1. The summed E-state index contributed by atoms with van der Waals surface area (Å²) >= 11 is 3.26. The van der Waals surface area contributed by atoms with Crippen molar-refractivity contribution < 1.29 is 19.4 Å². The van der Waals surface area contributed by atoms with Crippen LogP contribution in [0.25, 0.3) is 0 Å². The first-order chi connectivity index (χ1) is 9.95. The van der Waals surface area contributed by atoms with Gasteiger partial charge in [0.15, 0.2) is 0 Å². The van der Waals surface area contributed by atoms with E-state index in [1.165, 1.54) is 18.2 Å². The van der Waals surface area contributed by atoms with Gasteiger partial charge in [-0.3, -0.25) is 0 Å². The highest BCUT2D eigenvalue weighted by Crippen LogP contribution is 2.18. The van der Waals surface area contributed by atoms with E-state index in [2.05, 4.69) is 15.9 Å². The van der Waals surface area contributed by atoms with E-state index >= 15 is 0 Å². The molecule has 0 unspecified atom stereocenters. The Morgan fingerprint density at radius 3 is 2.33 bits per heavy atom. The smallest absolute Gasteiger partial charge is 0.338 e. The quantitative estimate of drug-likeness (QED) is 0.653. The van der Waals surface area contributed by atoms with Gasteiger partial charge in [0.1, 0.15) is 6.61 Å². The summed E-state index contributed by atoms with van der Waals surface area (Å²) in [5, 5.41) is 8.79. The van der Waals surface area contributed by atoms with Gasteiger partial charge in [0.2, 0.25) is 0 Å². The Bertz CT molecular complexity index is 662. The summed E-state index contributed by atoms with van der Waals surface area (Å²) in [6.45, 7) is 0.0607. The van der Waals surface area contributed by atoms with E-state index in [4.69, 9.17) is 15.6 Å². The minimum atomic E-state index is -0.997. The summed E-state index contributed by atoms with van der Waals surface area (Å²) in [7, 11) is 0. The van der Waals surface area contributed by atoms with E-state index in [9.17, 15) is 9.59 Å². The van der Waals surface area contributed by atoms with Crippen molar-refractivity contribution >= 4 is 33.6 Å². The molecule has 6 heteroatoms. The lowest BCUT2D eigenvalue weighted by Crippen LogP contribution is -2.06. The molecule has 0 atom stereocenters. The molecule has 5 nitrogen and oxygen atoms in total.